The third-order valence-electron chi connectivity index (χ3n) is 2.74. The zero-order chi connectivity index (χ0) is 15.6. The van der Waals surface area contributed by atoms with Crippen molar-refractivity contribution >= 4 is 33.3 Å². The highest BCUT2D eigenvalue weighted by atomic mass is 35.5. The van der Waals surface area contributed by atoms with Crippen LogP contribution in [-0.4, -0.2) is 24.5 Å². The second kappa shape index (κ2) is 5.71. The molecular formula is C13H11ClN2O4S. The van der Waals surface area contributed by atoms with E-state index in [1.54, 1.807) is 13.0 Å². The number of carboxylic acid groups (broad SMARTS) is 1. The van der Waals surface area contributed by atoms with Crippen molar-refractivity contribution in [1.82, 2.24) is 4.98 Å². The Balaban J connectivity index is 2.40. The number of hydrogen-bond donors (Lipinski definition) is 2. The van der Waals surface area contributed by atoms with Crippen LogP contribution in [0.4, 0.5) is 5.69 Å². The Bertz CT molecular complexity index is 806. The summed E-state index contributed by atoms with van der Waals surface area (Å²) >= 11 is 5.91. The first-order valence-corrected chi connectivity index (χ1v) is 7.64. The van der Waals surface area contributed by atoms with Gasteiger partial charge in [0, 0.05) is 11.2 Å². The lowest BCUT2D eigenvalue weighted by Crippen LogP contribution is -2.15. The zero-order valence-electron chi connectivity index (χ0n) is 10.9. The number of carbonyl (C=O) groups is 1. The number of benzene rings is 1. The maximum Gasteiger partial charge on any atom is 0.354 e. The summed E-state index contributed by atoms with van der Waals surface area (Å²) in [7, 11) is -3.86. The maximum atomic E-state index is 12.3. The molecule has 6 nitrogen and oxygen atoms in total. The number of nitrogens with one attached hydrogen (secondary N) is 1. The molecule has 0 aliphatic heterocycles. The van der Waals surface area contributed by atoms with E-state index in [4.69, 9.17) is 16.7 Å². The van der Waals surface area contributed by atoms with Gasteiger partial charge in [0.15, 0.2) is 0 Å². The van der Waals surface area contributed by atoms with Gasteiger partial charge in [-0.1, -0.05) is 17.7 Å². The quantitative estimate of drug-likeness (QED) is 0.900. The van der Waals surface area contributed by atoms with Crippen molar-refractivity contribution in [3.05, 3.63) is 52.8 Å². The number of rotatable bonds is 4. The van der Waals surface area contributed by atoms with E-state index in [1.165, 1.54) is 24.4 Å². The Hall–Kier alpha value is -2.12. The molecule has 8 heteroatoms. The van der Waals surface area contributed by atoms with E-state index >= 15 is 0 Å². The molecule has 110 valence electrons. The van der Waals surface area contributed by atoms with Gasteiger partial charge in [-0.3, -0.25) is 4.72 Å². The molecule has 0 radical (unpaired) electrons. The Labute approximate surface area is 126 Å². The number of sulfonamides is 1. The summed E-state index contributed by atoms with van der Waals surface area (Å²) in [5, 5.41) is 9.18. The monoisotopic (exact) mass is 326 g/mol. The molecule has 1 aromatic heterocycles. The summed E-state index contributed by atoms with van der Waals surface area (Å²) < 4.78 is 26.9. The number of aromatic nitrogens is 1. The number of pyridine rings is 1. The highest BCUT2D eigenvalue weighted by Crippen LogP contribution is 2.24. The molecule has 2 N–H and O–H groups in total. The van der Waals surface area contributed by atoms with E-state index in [9.17, 15) is 13.2 Å². The number of hydrogen-bond acceptors (Lipinski definition) is 4. The van der Waals surface area contributed by atoms with Crippen LogP contribution in [-0.2, 0) is 10.0 Å². The van der Waals surface area contributed by atoms with Crippen molar-refractivity contribution in [2.75, 3.05) is 4.72 Å². The number of aromatic carboxylic acids is 1. The Morgan fingerprint density at radius 1 is 1.33 bits per heavy atom. The van der Waals surface area contributed by atoms with E-state index in [0.717, 1.165) is 6.07 Å². The van der Waals surface area contributed by atoms with Gasteiger partial charge in [-0.2, -0.15) is 0 Å². The minimum Gasteiger partial charge on any atom is -0.477 e. The van der Waals surface area contributed by atoms with E-state index in [2.05, 4.69) is 9.71 Å². The Kier molecular flexibility index (Phi) is 4.15. The van der Waals surface area contributed by atoms with Crippen molar-refractivity contribution in [1.29, 1.82) is 0 Å². The molecule has 0 saturated heterocycles. The molecule has 0 aliphatic rings. The fraction of sp³-hybridized carbons (Fsp3) is 0.0769. The first kappa shape index (κ1) is 15.3. The van der Waals surface area contributed by atoms with E-state index in [1.807, 2.05) is 0 Å². The van der Waals surface area contributed by atoms with Gasteiger partial charge in [0.25, 0.3) is 10.0 Å². The molecule has 0 spiro atoms. The number of carboxylic acids is 1. The molecular weight excluding hydrogens is 316 g/mol. The molecule has 0 atom stereocenters. The number of halogens is 1. The normalized spacial score (nSPS) is 11.1. The van der Waals surface area contributed by atoms with Crippen molar-refractivity contribution in [2.45, 2.75) is 11.8 Å². The first-order chi connectivity index (χ1) is 9.81. The number of anilines is 1. The lowest BCUT2D eigenvalue weighted by Gasteiger charge is -2.11. The predicted octanol–water partition coefficient (Wildman–Crippen LogP) is 2.54. The fourth-order valence-corrected chi connectivity index (χ4v) is 3.25. The lowest BCUT2D eigenvalue weighted by molar-refractivity contribution is 0.0690. The molecule has 0 saturated carbocycles. The summed E-state index contributed by atoms with van der Waals surface area (Å²) in [4.78, 5) is 14.5. The van der Waals surface area contributed by atoms with Crippen molar-refractivity contribution in [3.8, 4) is 0 Å². The molecule has 0 fully saturated rings. The molecule has 2 aromatic rings. The summed E-state index contributed by atoms with van der Waals surface area (Å²) in [6.45, 7) is 1.59. The predicted molar refractivity (Wildman–Crippen MR) is 78.2 cm³/mol. The van der Waals surface area contributed by atoms with Gasteiger partial charge >= 0.3 is 5.97 Å². The van der Waals surface area contributed by atoms with Crippen LogP contribution in [0, 0.1) is 6.92 Å². The van der Waals surface area contributed by atoms with Gasteiger partial charge in [0.2, 0.25) is 0 Å². The molecule has 0 unspecified atom stereocenters. The van der Waals surface area contributed by atoms with Crippen LogP contribution >= 0.6 is 11.6 Å². The van der Waals surface area contributed by atoms with Crippen molar-refractivity contribution in [3.63, 3.8) is 0 Å². The molecule has 1 heterocycles. The third-order valence-corrected chi connectivity index (χ3v) is 4.67. The average molecular weight is 327 g/mol. The second-order valence-corrected chi connectivity index (χ2v) is 6.26. The smallest absolute Gasteiger partial charge is 0.354 e. The van der Waals surface area contributed by atoms with Crippen LogP contribution < -0.4 is 4.72 Å². The summed E-state index contributed by atoms with van der Waals surface area (Å²) in [6, 6.07) is 7.04. The first-order valence-electron chi connectivity index (χ1n) is 5.78. The van der Waals surface area contributed by atoms with Crippen LogP contribution in [0.5, 0.6) is 0 Å². The van der Waals surface area contributed by atoms with Gasteiger partial charge < -0.3 is 5.11 Å². The molecule has 0 aliphatic carbocycles. The Morgan fingerprint density at radius 3 is 2.71 bits per heavy atom. The van der Waals surface area contributed by atoms with Crippen molar-refractivity contribution in [2.24, 2.45) is 0 Å². The summed E-state index contributed by atoms with van der Waals surface area (Å²) in [5.74, 6) is -1.24. The van der Waals surface area contributed by atoms with Gasteiger partial charge in [0.05, 0.1) is 10.6 Å². The Morgan fingerprint density at radius 2 is 2.05 bits per heavy atom. The van der Waals surface area contributed by atoms with E-state index in [0.29, 0.717) is 10.6 Å². The molecule has 21 heavy (non-hydrogen) atoms. The van der Waals surface area contributed by atoms with Gasteiger partial charge in [-0.25, -0.2) is 18.2 Å². The van der Waals surface area contributed by atoms with E-state index < -0.39 is 16.0 Å². The van der Waals surface area contributed by atoms with Crippen LogP contribution in [0.15, 0.2) is 41.4 Å². The molecule has 0 amide bonds. The minimum atomic E-state index is -3.86. The minimum absolute atomic E-state index is 0.0312. The SMILES string of the molecule is Cc1c(Cl)cccc1S(=O)(=O)Nc1ccnc(C(=O)O)c1. The average Bonchev–Trinajstić information content (AvgIpc) is 2.41. The standard InChI is InChI=1S/C13H11ClN2O4S/c1-8-10(14)3-2-4-12(8)21(19,20)16-9-5-6-15-11(7-9)13(17)18/h2-7H,1H3,(H,15,16)(H,17,18). The molecule has 2 rings (SSSR count). The highest BCUT2D eigenvalue weighted by molar-refractivity contribution is 7.92. The molecule has 0 bridgehead atoms. The van der Waals surface area contributed by atoms with E-state index in [-0.39, 0.29) is 16.3 Å². The zero-order valence-corrected chi connectivity index (χ0v) is 12.4. The molecule has 1 aromatic carbocycles. The third kappa shape index (κ3) is 3.32. The summed E-state index contributed by atoms with van der Waals surface area (Å²) in [6.07, 6.45) is 1.21. The second-order valence-electron chi connectivity index (χ2n) is 4.20. The van der Waals surface area contributed by atoms with Crippen LogP contribution in [0.3, 0.4) is 0 Å². The fourth-order valence-electron chi connectivity index (χ4n) is 1.70. The lowest BCUT2D eigenvalue weighted by atomic mass is 10.2. The van der Waals surface area contributed by atoms with Gasteiger partial charge in [-0.15, -0.1) is 0 Å². The van der Waals surface area contributed by atoms with Crippen LogP contribution in [0.2, 0.25) is 5.02 Å². The maximum absolute atomic E-state index is 12.3. The largest absolute Gasteiger partial charge is 0.477 e. The number of nitrogens with zero attached hydrogens (tertiary/aromatic N) is 1. The van der Waals surface area contributed by atoms with Gasteiger partial charge in [-0.05, 0) is 36.8 Å². The van der Waals surface area contributed by atoms with Gasteiger partial charge in [0.1, 0.15) is 5.69 Å². The topological polar surface area (TPSA) is 96.4 Å². The van der Waals surface area contributed by atoms with Crippen LogP contribution in [0.1, 0.15) is 16.1 Å². The van der Waals surface area contributed by atoms with Crippen molar-refractivity contribution < 1.29 is 18.3 Å². The summed E-state index contributed by atoms with van der Waals surface area (Å²) in [5.41, 5.74) is 0.277. The van der Waals surface area contributed by atoms with Crippen LogP contribution in [0.25, 0.3) is 0 Å². The highest BCUT2D eigenvalue weighted by Gasteiger charge is 2.18.